The molecular formula is C30H27N3O3. The van der Waals surface area contributed by atoms with E-state index >= 15 is 0 Å². The van der Waals surface area contributed by atoms with Gasteiger partial charge < -0.3 is 9.64 Å². The quantitative estimate of drug-likeness (QED) is 0.454. The minimum atomic E-state index is -0.272. The van der Waals surface area contributed by atoms with E-state index in [1.165, 1.54) is 28.5 Å². The van der Waals surface area contributed by atoms with Gasteiger partial charge in [-0.25, -0.2) is 9.78 Å². The third-order valence-electron chi connectivity index (χ3n) is 8.12. The molecule has 2 unspecified atom stereocenters. The Hall–Kier alpha value is -3.98. The van der Waals surface area contributed by atoms with Crippen molar-refractivity contribution in [1.29, 1.82) is 5.26 Å². The van der Waals surface area contributed by atoms with E-state index < -0.39 is 0 Å². The number of ketones is 1. The van der Waals surface area contributed by atoms with Crippen LogP contribution in [0.1, 0.15) is 64.3 Å². The van der Waals surface area contributed by atoms with Crippen molar-refractivity contribution in [3.8, 4) is 17.2 Å². The van der Waals surface area contributed by atoms with Crippen molar-refractivity contribution in [3.05, 3.63) is 88.7 Å². The molecule has 1 amide bonds. The fraction of sp³-hybridized carbons (Fsp3) is 0.333. The zero-order valence-electron chi connectivity index (χ0n) is 20.2. The van der Waals surface area contributed by atoms with Crippen LogP contribution in [-0.4, -0.2) is 40.5 Å². The molecule has 2 aliphatic heterocycles. The van der Waals surface area contributed by atoms with Crippen molar-refractivity contribution in [2.45, 2.75) is 50.6 Å². The van der Waals surface area contributed by atoms with Crippen LogP contribution in [0.25, 0.3) is 11.1 Å². The summed E-state index contributed by atoms with van der Waals surface area (Å²) in [7, 11) is 0. The van der Waals surface area contributed by atoms with E-state index in [1.54, 1.807) is 13.0 Å². The highest BCUT2D eigenvalue weighted by atomic mass is 16.6. The van der Waals surface area contributed by atoms with Gasteiger partial charge in [0.05, 0.1) is 0 Å². The summed E-state index contributed by atoms with van der Waals surface area (Å²) in [4.78, 5) is 32.5. The van der Waals surface area contributed by atoms with Crippen LogP contribution in [0.3, 0.4) is 0 Å². The van der Waals surface area contributed by atoms with Crippen molar-refractivity contribution in [1.82, 2.24) is 9.88 Å². The molecule has 3 heterocycles. The Morgan fingerprint density at radius 2 is 1.64 bits per heavy atom. The first-order chi connectivity index (χ1) is 17.5. The van der Waals surface area contributed by atoms with Crippen LogP contribution in [-0.2, 0) is 4.74 Å². The number of carbonyl (C=O) groups excluding carboxylic acids is 2. The van der Waals surface area contributed by atoms with Gasteiger partial charge in [0, 0.05) is 35.7 Å². The topological polar surface area (TPSA) is 83.3 Å². The molecule has 180 valence electrons. The lowest BCUT2D eigenvalue weighted by molar-refractivity contribution is 0.0506. The molecule has 1 aromatic heterocycles. The number of rotatable bonds is 4. The van der Waals surface area contributed by atoms with Crippen LogP contribution in [0.4, 0.5) is 4.79 Å². The number of piperidine rings is 1. The smallest absolute Gasteiger partial charge is 0.410 e. The number of amides is 1. The molecular weight excluding hydrogens is 450 g/mol. The number of aryl methyl sites for hydroxylation is 1. The van der Waals surface area contributed by atoms with Crippen molar-refractivity contribution < 1.29 is 14.3 Å². The largest absolute Gasteiger partial charge is 0.448 e. The first-order valence-electron chi connectivity index (χ1n) is 12.6. The Bertz CT molecular complexity index is 1350. The minimum absolute atomic E-state index is 0.0146. The molecule has 0 radical (unpaired) electrons. The van der Waals surface area contributed by atoms with Gasteiger partial charge in [0.15, 0.2) is 5.78 Å². The number of nitriles is 1. The Kier molecular flexibility index (Phi) is 5.56. The summed E-state index contributed by atoms with van der Waals surface area (Å²) in [6.45, 7) is 2.10. The number of pyridine rings is 1. The number of hydrogen-bond acceptors (Lipinski definition) is 5. The van der Waals surface area contributed by atoms with Gasteiger partial charge in [0.25, 0.3) is 0 Å². The van der Waals surface area contributed by atoms with Gasteiger partial charge in [-0.05, 0) is 66.5 Å². The fourth-order valence-corrected chi connectivity index (χ4v) is 6.42. The standard InChI is InChI=1S/C30H27N3O3/c1-18-12-20(16-32-28(18)15-31)29(34)19-13-21-10-11-22(14-19)33(21)30(35)36-17-27-25-8-4-2-6-23(25)24-7-3-5-9-26(24)27/h2-9,12,16,19,21-22,27H,10-11,13-14,17H2,1H3. The monoisotopic (exact) mass is 477 g/mol. The maximum absolute atomic E-state index is 13.3. The van der Waals surface area contributed by atoms with Crippen LogP contribution in [0.15, 0.2) is 60.8 Å². The molecule has 2 fully saturated rings. The zero-order valence-corrected chi connectivity index (χ0v) is 20.2. The number of aromatic nitrogens is 1. The first kappa shape index (κ1) is 22.5. The maximum Gasteiger partial charge on any atom is 0.410 e. The van der Waals surface area contributed by atoms with Gasteiger partial charge in [-0.3, -0.25) is 4.79 Å². The normalized spacial score (nSPS) is 22.0. The second-order valence-electron chi connectivity index (χ2n) is 10.1. The van der Waals surface area contributed by atoms with Crippen LogP contribution in [0.2, 0.25) is 0 Å². The lowest BCUT2D eigenvalue weighted by Crippen LogP contribution is -2.48. The SMILES string of the molecule is Cc1cc(C(=O)C2CC3CCC(C2)N3C(=O)OCC2c3ccccc3-c3ccccc32)cnc1C#N. The summed E-state index contributed by atoms with van der Waals surface area (Å²) >= 11 is 0. The van der Waals surface area contributed by atoms with Gasteiger partial charge in [-0.2, -0.15) is 5.26 Å². The molecule has 6 heteroatoms. The van der Waals surface area contributed by atoms with Crippen LogP contribution in [0, 0.1) is 24.2 Å². The van der Waals surface area contributed by atoms with Gasteiger partial charge in [-0.1, -0.05) is 48.5 Å². The summed E-state index contributed by atoms with van der Waals surface area (Å²) in [5, 5.41) is 9.12. The van der Waals surface area contributed by atoms with Crippen molar-refractivity contribution in [2.75, 3.05) is 6.61 Å². The van der Waals surface area contributed by atoms with E-state index in [4.69, 9.17) is 10.00 Å². The highest BCUT2D eigenvalue weighted by Crippen LogP contribution is 2.45. The van der Waals surface area contributed by atoms with E-state index in [0.717, 1.165) is 12.8 Å². The number of benzene rings is 2. The average Bonchev–Trinajstić information content (AvgIpc) is 3.37. The van der Waals surface area contributed by atoms with E-state index in [1.807, 2.05) is 35.2 Å². The summed E-state index contributed by atoms with van der Waals surface area (Å²) in [6.07, 6.45) is 4.29. The zero-order chi connectivity index (χ0) is 24.8. The Labute approximate surface area is 210 Å². The summed E-state index contributed by atoms with van der Waals surface area (Å²) < 4.78 is 5.94. The molecule has 3 aliphatic rings. The number of carbonyl (C=O) groups is 2. The minimum Gasteiger partial charge on any atom is -0.448 e. The molecule has 3 aromatic rings. The van der Waals surface area contributed by atoms with E-state index in [0.29, 0.717) is 36.3 Å². The molecule has 6 nitrogen and oxygen atoms in total. The summed E-state index contributed by atoms with van der Waals surface area (Å²) in [5.41, 5.74) is 6.42. The average molecular weight is 478 g/mol. The molecule has 2 saturated heterocycles. The number of hydrogen-bond donors (Lipinski definition) is 0. The Morgan fingerprint density at radius 3 is 2.22 bits per heavy atom. The van der Waals surface area contributed by atoms with Gasteiger partial charge in [0.1, 0.15) is 18.4 Å². The number of ether oxygens (including phenoxy) is 1. The number of Topliss-reactive ketones (excluding diaryl/α,β-unsaturated/α-hetero) is 1. The van der Waals surface area contributed by atoms with Crippen molar-refractivity contribution >= 4 is 11.9 Å². The molecule has 2 aromatic carbocycles. The molecule has 6 rings (SSSR count). The molecule has 36 heavy (non-hydrogen) atoms. The second kappa shape index (κ2) is 8.91. The second-order valence-corrected chi connectivity index (χ2v) is 10.1. The van der Waals surface area contributed by atoms with Crippen LogP contribution < -0.4 is 0 Å². The number of fused-ring (bicyclic) bond motifs is 5. The fourth-order valence-electron chi connectivity index (χ4n) is 6.42. The van der Waals surface area contributed by atoms with E-state index in [9.17, 15) is 9.59 Å². The Morgan fingerprint density at radius 1 is 1.03 bits per heavy atom. The number of nitrogens with zero attached hydrogens (tertiary/aromatic N) is 3. The summed E-state index contributed by atoms with van der Waals surface area (Å²) in [6, 6.07) is 20.5. The van der Waals surface area contributed by atoms with Gasteiger partial charge in [0.2, 0.25) is 0 Å². The molecule has 1 aliphatic carbocycles. The van der Waals surface area contributed by atoms with Crippen molar-refractivity contribution in [3.63, 3.8) is 0 Å². The molecule has 2 atom stereocenters. The molecule has 0 saturated carbocycles. The molecule has 2 bridgehead atoms. The Balaban J connectivity index is 1.14. The van der Waals surface area contributed by atoms with E-state index in [2.05, 4.69) is 29.2 Å². The molecule has 0 N–H and O–H groups in total. The van der Waals surface area contributed by atoms with Crippen LogP contribution >= 0.6 is 0 Å². The predicted octanol–water partition coefficient (Wildman–Crippen LogP) is 5.64. The predicted molar refractivity (Wildman–Crippen MR) is 134 cm³/mol. The highest BCUT2D eigenvalue weighted by molar-refractivity contribution is 5.98. The van der Waals surface area contributed by atoms with Crippen LogP contribution in [0.5, 0.6) is 0 Å². The maximum atomic E-state index is 13.3. The lowest BCUT2D eigenvalue weighted by Gasteiger charge is -2.37. The summed E-state index contributed by atoms with van der Waals surface area (Å²) in [5.74, 6) is -0.0568. The molecule has 0 spiro atoms. The lowest BCUT2D eigenvalue weighted by atomic mass is 9.85. The first-order valence-corrected chi connectivity index (χ1v) is 12.6. The third kappa shape index (κ3) is 3.67. The van der Waals surface area contributed by atoms with Gasteiger partial charge in [-0.15, -0.1) is 0 Å². The van der Waals surface area contributed by atoms with Gasteiger partial charge >= 0.3 is 6.09 Å². The third-order valence-corrected chi connectivity index (χ3v) is 8.12. The highest BCUT2D eigenvalue weighted by Gasteiger charge is 2.46. The van der Waals surface area contributed by atoms with E-state index in [-0.39, 0.29) is 35.8 Å². The van der Waals surface area contributed by atoms with Crippen molar-refractivity contribution in [2.24, 2.45) is 5.92 Å².